The summed E-state index contributed by atoms with van der Waals surface area (Å²) in [6, 6.07) is 5.45. The first-order valence-electron chi connectivity index (χ1n) is 6.04. The highest BCUT2D eigenvalue weighted by Gasteiger charge is 2.30. The van der Waals surface area contributed by atoms with Gasteiger partial charge in [0.2, 0.25) is 0 Å². The normalized spacial score (nSPS) is 11.3. The molecule has 2 aromatic carbocycles. The fourth-order valence-electron chi connectivity index (χ4n) is 1.76. The molecule has 0 aliphatic carbocycles. The van der Waals surface area contributed by atoms with Crippen LogP contribution in [-0.4, -0.2) is 8.56 Å². The van der Waals surface area contributed by atoms with Gasteiger partial charge in [-0.05, 0) is 0 Å². The van der Waals surface area contributed by atoms with Crippen LogP contribution in [0.2, 0.25) is 13.1 Å². The molecule has 0 atom stereocenters. The lowest BCUT2D eigenvalue weighted by molar-refractivity contribution is 0.392. The van der Waals surface area contributed by atoms with Gasteiger partial charge in [0.25, 0.3) is 0 Å². The molecule has 0 radical (unpaired) electrons. The highest BCUT2D eigenvalue weighted by Crippen LogP contribution is 2.23. The summed E-state index contributed by atoms with van der Waals surface area (Å²) in [4.78, 5) is 0. The second kappa shape index (κ2) is 5.77. The lowest BCUT2D eigenvalue weighted by Crippen LogP contribution is -2.41. The molecular formula is C14H12F4O2Si. The van der Waals surface area contributed by atoms with Crippen LogP contribution in [0.5, 0.6) is 11.5 Å². The van der Waals surface area contributed by atoms with Crippen molar-refractivity contribution in [2.45, 2.75) is 13.1 Å². The maximum atomic E-state index is 13.1. The van der Waals surface area contributed by atoms with Crippen molar-refractivity contribution in [3.63, 3.8) is 0 Å². The summed E-state index contributed by atoms with van der Waals surface area (Å²) >= 11 is 0. The average Bonchev–Trinajstić information content (AvgIpc) is 2.23. The van der Waals surface area contributed by atoms with Crippen LogP contribution in [0.25, 0.3) is 0 Å². The number of hydrogen-bond acceptors (Lipinski definition) is 2. The molecule has 2 nitrogen and oxygen atoms in total. The summed E-state index contributed by atoms with van der Waals surface area (Å²) in [5, 5.41) is 0. The third kappa shape index (κ3) is 4.49. The van der Waals surface area contributed by atoms with Crippen molar-refractivity contribution in [1.29, 1.82) is 0 Å². The Morgan fingerprint density at radius 1 is 0.619 bits per heavy atom. The van der Waals surface area contributed by atoms with Crippen LogP contribution in [0.3, 0.4) is 0 Å². The molecule has 0 aliphatic heterocycles. The molecule has 0 amide bonds. The van der Waals surface area contributed by atoms with Gasteiger partial charge in [-0.2, -0.15) is 0 Å². The second-order valence-electron chi connectivity index (χ2n) is 4.81. The Labute approximate surface area is 120 Å². The van der Waals surface area contributed by atoms with Gasteiger partial charge in [-0.1, -0.05) is 0 Å². The Morgan fingerprint density at radius 2 is 0.905 bits per heavy atom. The molecule has 0 saturated heterocycles. The molecule has 0 spiro atoms. The highest BCUT2D eigenvalue weighted by molar-refractivity contribution is 6.66. The van der Waals surface area contributed by atoms with E-state index in [9.17, 15) is 17.6 Å². The molecule has 0 heterocycles. The Balaban J connectivity index is 2.17. The largest absolute Gasteiger partial charge is 0.512 e. The maximum absolute atomic E-state index is 13.1. The van der Waals surface area contributed by atoms with E-state index < -0.39 is 31.8 Å². The summed E-state index contributed by atoms with van der Waals surface area (Å²) in [5.41, 5.74) is 0. The SMILES string of the molecule is C[Si](C)(Oc1cc(F)cc(F)c1)Oc1cc(F)cc(F)c1. The van der Waals surface area contributed by atoms with Crippen LogP contribution in [0.1, 0.15) is 0 Å². The van der Waals surface area contributed by atoms with Gasteiger partial charge in [-0.3, -0.25) is 0 Å². The van der Waals surface area contributed by atoms with E-state index in [1.165, 1.54) is 0 Å². The van der Waals surface area contributed by atoms with Gasteiger partial charge >= 0.3 is 8.56 Å². The maximum Gasteiger partial charge on any atom is 0.454 e. The Hall–Kier alpha value is -2.02. The lowest BCUT2D eigenvalue weighted by atomic mass is 10.3. The molecule has 21 heavy (non-hydrogen) atoms. The van der Waals surface area contributed by atoms with E-state index in [1.54, 1.807) is 13.1 Å². The predicted molar refractivity (Wildman–Crippen MR) is 71.5 cm³/mol. The van der Waals surface area contributed by atoms with Crippen LogP contribution in [0.15, 0.2) is 36.4 Å². The van der Waals surface area contributed by atoms with Crippen molar-refractivity contribution in [3.05, 3.63) is 59.7 Å². The van der Waals surface area contributed by atoms with Crippen molar-refractivity contribution in [3.8, 4) is 11.5 Å². The smallest absolute Gasteiger partial charge is 0.454 e. The van der Waals surface area contributed by atoms with E-state index >= 15 is 0 Å². The molecule has 112 valence electrons. The van der Waals surface area contributed by atoms with Crippen molar-refractivity contribution in [1.82, 2.24) is 0 Å². The fraction of sp³-hybridized carbons (Fsp3) is 0.143. The first-order valence-corrected chi connectivity index (χ1v) is 8.85. The van der Waals surface area contributed by atoms with E-state index in [-0.39, 0.29) is 11.5 Å². The van der Waals surface area contributed by atoms with Crippen molar-refractivity contribution in [2.75, 3.05) is 0 Å². The van der Waals surface area contributed by atoms with Gasteiger partial charge in [0.1, 0.15) is 34.8 Å². The third-order valence-corrected chi connectivity index (χ3v) is 3.85. The molecule has 2 rings (SSSR count). The van der Waals surface area contributed by atoms with Crippen molar-refractivity contribution < 1.29 is 26.4 Å². The minimum absolute atomic E-state index is 0.0407. The minimum Gasteiger partial charge on any atom is -0.512 e. The van der Waals surface area contributed by atoms with Gasteiger partial charge in [0.15, 0.2) is 0 Å². The van der Waals surface area contributed by atoms with Crippen LogP contribution in [0.4, 0.5) is 17.6 Å². The molecule has 2 aromatic rings. The lowest BCUT2D eigenvalue weighted by Gasteiger charge is -2.24. The molecule has 7 heteroatoms. The zero-order valence-corrected chi connectivity index (χ0v) is 12.3. The number of hydrogen-bond donors (Lipinski definition) is 0. The molecule has 0 aromatic heterocycles. The molecule has 0 N–H and O–H groups in total. The monoisotopic (exact) mass is 316 g/mol. The Morgan fingerprint density at radius 3 is 1.19 bits per heavy atom. The summed E-state index contributed by atoms with van der Waals surface area (Å²) in [6.07, 6.45) is 0. The summed E-state index contributed by atoms with van der Waals surface area (Å²) in [6.45, 7) is 3.16. The van der Waals surface area contributed by atoms with Crippen molar-refractivity contribution in [2.24, 2.45) is 0 Å². The van der Waals surface area contributed by atoms with Gasteiger partial charge in [-0.15, -0.1) is 0 Å². The van der Waals surface area contributed by atoms with E-state index in [4.69, 9.17) is 8.85 Å². The first-order chi connectivity index (χ1) is 9.73. The van der Waals surface area contributed by atoms with Gasteiger partial charge in [0.05, 0.1) is 0 Å². The van der Waals surface area contributed by atoms with E-state index in [0.29, 0.717) is 12.1 Å². The van der Waals surface area contributed by atoms with Gasteiger partial charge < -0.3 is 8.85 Å². The second-order valence-corrected chi connectivity index (χ2v) is 8.02. The van der Waals surface area contributed by atoms with Gasteiger partial charge in [0, 0.05) is 49.5 Å². The number of rotatable bonds is 4. The predicted octanol–water partition coefficient (Wildman–Crippen LogP) is 4.40. The van der Waals surface area contributed by atoms with Crippen LogP contribution >= 0.6 is 0 Å². The summed E-state index contributed by atoms with van der Waals surface area (Å²) < 4.78 is 63.2. The Bertz CT molecular complexity index is 565. The standard InChI is InChI=1S/C14H12F4O2Si/c1-21(2,19-13-5-9(15)3-10(16)6-13)20-14-7-11(17)4-12(18)8-14/h3-8H,1-2H3. The summed E-state index contributed by atoms with van der Waals surface area (Å²) in [7, 11) is -2.94. The quantitative estimate of drug-likeness (QED) is 0.615. The van der Waals surface area contributed by atoms with Crippen molar-refractivity contribution >= 4 is 8.56 Å². The van der Waals surface area contributed by atoms with Crippen LogP contribution in [-0.2, 0) is 0 Å². The minimum atomic E-state index is -2.94. The topological polar surface area (TPSA) is 18.5 Å². The third-order valence-electron chi connectivity index (χ3n) is 2.40. The zero-order chi connectivity index (χ0) is 15.6. The van der Waals surface area contributed by atoms with Crippen LogP contribution < -0.4 is 8.85 Å². The molecule has 0 bridgehead atoms. The molecular weight excluding hydrogens is 304 g/mol. The molecule has 0 unspecified atom stereocenters. The van der Waals surface area contributed by atoms with Crippen LogP contribution in [0, 0.1) is 23.3 Å². The Kier molecular flexibility index (Phi) is 4.22. The molecule has 0 fully saturated rings. The van der Waals surface area contributed by atoms with E-state index in [2.05, 4.69) is 0 Å². The molecule has 0 aliphatic rings. The molecule has 0 saturated carbocycles. The number of benzene rings is 2. The highest BCUT2D eigenvalue weighted by atomic mass is 28.4. The zero-order valence-electron chi connectivity index (χ0n) is 11.3. The van der Waals surface area contributed by atoms with Gasteiger partial charge in [-0.25, -0.2) is 17.6 Å². The summed E-state index contributed by atoms with van der Waals surface area (Å²) in [5.74, 6) is -3.22. The van der Waals surface area contributed by atoms with E-state index in [0.717, 1.165) is 24.3 Å². The average molecular weight is 316 g/mol. The first kappa shape index (κ1) is 15.4. The fourth-order valence-corrected chi connectivity index (χ4v) is 3.18. The van der Waals surface area contributed by atoms with E-state index in [1.807, 2.05) is 0 Å². The number of halogens is 4.